The highest BCUT2D eigenvalue weighted by molar-refractivity contribution is 5.98. The van der Waals surface area contributed by atoms with E-state index < -0.39 is 10.8 Å². The molecule has 34 heavy (non-hydrogen) atoms. The summed E-state index contributed by atoms with van der Waals surface area (Å²) in [6, 6.07) is 15.4. The summed E-state index contributed by atoms with van der Waals surface area (Å²) >= 11 is 0. The lowest BCUT2D eigenvalue weighted by atomic mass is 10.0. The lowest BCUT2D eigenvalue weighted by Crippen LogP contribution is -2.19. The zero-order valence-electron chi connectivity index (χ0n) is 17.7. The minimum absolute atomic E-state index is 0.0978. The van der Waals surface area contributed by atoms with Gasteiger partial charge >= 0.3 is 0 Å². The molecule has 1 unspecified atom stereocenters. The van der Waals surface area contributed by atoms with E-state index in [4.69, 9.17) is 11.0 Å². The first-order valence-electron chi connectivity index (χ1n) is 10.1. The molecule has 0 aliphatic heterocycles. The zero-order chi connectivity index (χ0) is 24.1. The number of nitrogens with zero attached hydrogens (tertiary/aromatic N) is 5. The molecule has 0 saturated heterocycles. The number of pyridine rings is 1. The van der Waals surface area contributed by atoms with Crippen LogP contribution >= 0.6 is 0 Å². The Morgan fingerprint density at radius 3 is 2.56 bits per heavy atom. The quantitative estimate of drug-likeness (QED) is 0.269. The number of hydrogen-bond donors (Lipinski definition) is 3. The van der Waals surface area contributed by atoms with Crippen molar-refractivity contribution in [3.63, 3.8) is 0 Å². The summed E-state index contributed by atoms with van der Waals surface area (Å²) in [5.74, 6) is -0.707. The van der Waals surface area contributed by atoms with E-state index in [0.29, 0.717) is 29.1 Å². The van der Waals surface area contributed by atoms with Crippen molar-refractivity contribution in [2.24, 2.45) is 5.73 Å². The van der Waals surface area contributed by atoms with E-state index in [1.165, 1.54) is 18.5 Å². The van der Waals surface area contributed by atoms with E-state index in [1.807, 2.05) is 18.2 Å². The number of rotatable bonds is 8. The molecule has 1 amide bonds. The Balaban J connectivity index is 1.63. The number of hydrogen-bond acceptors (Lipinski definition) is 8. The summed E-state index contributed by atoms with van der Waals surface area (Å²) < 4.78 is 0. The van der Waals surface area contributed by atoms with Crippen LogP contribution in [0.2, 0.25) is 0 Å². The van der Waals surface area contributed by atoms with Crippen LogP contribution < -0.4 is 11.1 Å². The molecule has 0 saturated carbocycles. The van der Waals surface area contributed by atoms with Gasteiger partial charge in [0.05, 0.1) is 39.4 Å². The molecule has 4 N–H and O–H groups in total. The minimum Gasteiger partial charge on any atom is -0.365 e. The summed E-state index contributed by atoms with van der Waals surface area (Å²) in [6.45, 7) is 0.314. The van der Waals surface area contributed by atoms with E-state index in [2.05, 4.69) is 25.3 Å². The first kappa shape index (κ1) is 22.1. The summed E-state index contributed by atoms with van der Waals surface area (Å²) in [6.07, 6.45) is 4.33. The fourth-order valence-corrected chi connectivity index (χ4v) is 3.41. The highest BCUT2D eigenvalue weighted by atomic mass is 16.6. The van der Waals surface area contributed by atoms with Crippen LogP contribution in [0.5, 0.6) is 0 Å². The number of primary amides is 1. The molecule has 0 radical (unpaired) electrons. The van der Waals surface area contributed by atoms with Gasteiger partial charge in [0.25, 0.3) is 11.6 Å². The monoisotopic (exact) mass is 454 g/mol. The number of aromatic nitrogens is 4. The molecule has 11 heteroatoms. The van der Waals surface area contributed by atoms with Gasteiger partial charge in [-0.15, -0.1) is 0 Å². The number of carbonyl (C=O) groups excluding carboxylic acids is 1. The van der Waals surface area contributed by atoms with E-state index in [9.17, 15) is 14.9 Å². The predicted octanol–water partition coefficient (Wildman–Crippen LogP) is 2.99. The van der Waals surface area contributed by atoms with Gasteiger partial charge in [-0.3, -0.25) is 19.9 Å². The molecule has 0 aliphatic rings. The van der Waals surface area contributed by atoms with Gasteiger partial charge in [0.2, 0.25) is 5.95 Å². The van der Waals surface area contributed by atoms with Crippen LogP contribution in [0.15, 0.2) is 67.1 Å². The number of amides is 1. The number of anilines is 1. The average molecular weight is 454 g/mol. The van der Waals surface area contributed by atoms with Gasteiger partial charge in [0.1, 0.15) is 6.20 Å². The van der Waals surface area contributed by atoms with Crippen molar-refractivity contribution in [3.8, 4) is 17.3 Å². The molecule has 0 aliphatic carbocycles. The third-order valence-electron chi connectivity index (χ3n) is 5.14. The molecule has 1 aromatic carbocycles. The zero-order valence-corrected chi connectivity index (χ0v) is 17.7. The van der Waals surface area contributed by atoms with Crippen molar-refractivity contribution < 1.29 is 9.72 Å². The Hall–Kier alpha value is -5.11. The average Bonchev–Trinajstić information content (AvgIpc) is 3.39. The first-order chi connectivity index (χ1) is 16.5. The largest absolute Gasteiger partial charge is 0.365 e. The molecule has 0 bridgehead atoms. The van der Waals surface area contributed by atoms with Crippen molar-refractivity contribution >= 4 is 17.5 Å². The fraction of sp³-hybridized carbons (Fsp3) is 0.0870. The fourth-order valence-electron chi connectivity index (χ4n) is 3.41. The Morgan fingerprint density at radius 1 is 1.18 bits per heavy atom. The highest BCUT2D eigenvalue weighted by Crippen LogP contribution is 2.26. The van der Waals surface area contributed by atoms with Crippen LogP contribution in [0.1, 0.15) is 33.2 Å². The lowest BCUT2D eigenvalue weighted by Gasteiger charge is -2.17. The molecule has 4 rings (SSSR count). The number of H-pyrrole nitrogens is 1. The summed E-state index contributed by atoms with van der Waals surface area (Å²) in [5.41, 5.74) is 8.42. The smallest absolute Gasteiger partial charge is 0.287 e. The van der Waals surface area contributed by atoms with Crippen molar-refractivity contribution in [2.75, 3.05) is 11.9 Å². The SMILES string of the molecule is N#Cc1ccc(-c2nc(NCC(c3ccc([N+](=O)[O-])cn3)c3ccc[nH]3)ncc2C(N)=O)cc1. The van der Waals surface area contributed by atoms with Gasteiger partial charge in [-0.1, -0.05) is 12.1 Å². The second-order valence-corrected chi connectivity index (χ2v) is 7.27. The number of nitro groups is 1. The van der Waals surface area contributed by atoms with Crippen LogP contribution in [-0.4, -0.2) is 37.3 Å². The van der Waals surface area contributed by atoms with E-state index >= 15 is 0 Å². The molecule has 3 heterocycles. The summed E-state index contributed by atoms with van der Waals surface area (Å²) in [7, 11) is 0. The molecule has 0 spiro atoms. The Labute approximate surface area is 193 Å². The van der Waals surface area contributed by atoms with Gasteiger partial charge in [-0.25, -0.2) is 9.97 Å². The number of nitrogens with two attached hydrogens (primary N) is 1. The lowest BCUT2D eigenvalue weighted by molar-refractivity contribution is -0.385. The maximum absolute atomic E-state index is 11.9. The standard InChI is InChI=1S/C23H18N8O3/c24-10-14-3-5-15(6-4-14)21-18(22(25)32)13-29-23(30-21)28-12-17(19-2-1-9-26-19)20-8-7-16(11-27-20)31(33)34/h1-9,11,13,17,26H,12H2,(H2,25,32)(H,28,29,30). The topological polar surface area (TPSA) is 177 Å². The van der Waals surface area contributed by atoms with Crippen LogP contribution in [0.3, 0.4) is 0 Å². The Bertz CT molecular complexity index is 1360. The van der Waals surface area contributed by atoms with Gasteiger partial charge in [-0.05, 0) is 30.3 Å². The van der Waals surface area contributed by atoms with Crippen molar-refractivity contribution in [1.29, 1.82) is 5.26 Å². The van der Waals surface area contributed by atoms with Crippen molar-refractivity contribution in [1.82, 2.24) is 19.9 Å². The Kier molecular flexibility index (Phi) is 6.22. The molecular formula is C23H18N8O3. The number of nitriles is 1. The third-order valence-corrected chi connectivity index (χ3v) is 5.14. The maximum Gasteiger partial charge on any atom is 0.287 e. The van der Waals surface area contributed by atoms with Gasteiger partial charge in [0.15, 0.2) is 0 Å². The number of benzene rings is 1. The van der Waals surface area contributed by atoms with E-state index in [0.717, 1.165) is 5.69 Å². The summed E-state index contributed by atoms with van der Waals surface area (Å²) in [5, 5.41) is 23.1. The number of nitrogens with one attached hydrogen (secondary N) is 2. The van der Waals surface area contributed by atoms with Gasteiger partial charge in [-0.2, -0.15) is 5.26 Å². The third kappa shape index (κ3) is 4.71. The van der Waals surface area contributed by atoms with Crippen molar-refractivity contribution in [2.45, 2.75) is 5.92 Å². The number of aromatic amines is 1. The first-order valence-corrected chi connectivity index (χ1v) is 10.1. The van der Waals surface area contributed by atoms with Crippen molar-refractivity contribution in [3.05, 3.63) is 99.8 Å². The van der Waals surface area contributed by atoms with Crippen LogP contribution in [0.25, 0.3) is 11.3 Å². The molecule has 168 valence electrons. The van der Waals surface area contributed by atoms with Gasteiger partial charge < -0.3 is 16.0 Å². The van der Waals surface area contributed by atoms with Crippen LogP contribution in [-0.2, 0) is 0 Å². The Morgan fingerprint density at radius 2 is 1.97 bits per heavy atom. The van der Waals surface area contributed by atoms with Crippen LogP contribution in [0, 0.1) is 21.4 Å². The highest BCUT2D eigenvalue weighted by Gasteiger charge is 2.20. The second-order valence-electron chi connectivity index (χ2n) is 7.27. The molecule has 0 fully saturated rings. The molecular weight excluding hydrogens is 436 g/mol. The van der Waals surface area contributed by atoms with E-state index in [-0.39, 0.29) is 23.1 Å². The molecule has 1 atom stereocenters. The predicted molar refractivity (Wildman–Crippen MR) is 123 cm³/mol. The molecule has 3 aromatic heterocycles. The van der Waals surface area contributed by atoms with Gasteiger partial charge in [0, 0.05) is 36.3 Å². The molecule has 11 nitrogen and oxygen atoms in total. The summed E-state index contributed by atoms with van der Waals surface area (Å²) in [4.78, 5) is 38.5. The van der Waals surface area contributed by atoms with Crippen LogP contribution in [0.4, 0.5) is 11.6 Å². The number of carbonyl (C=O) groups is 1. The molecule has 4 aromatic rings. The minimum atomic E-state index is -0.676. The van der Waals surface area contributed by atoms with E-state index in [1.54, 1.807) is 36.5 Å². The normalized spacial score (nSPS) is 11.4. The maximum atomic E-state index is 11.9. The second kappa shape index (κ2) is 9.58.